The molecule has 0 unspecified atom stereocenters. The Bertz CT molecular complexity index is 675. The molecule has 150 valence electrons. The van der Waals surface area contributed by atoms with Gasteiger partial charge in [0, 0.05) is 6.04 Å². The van der Waals surface area contributed by atoms with Gasteiger partial charge < -0.3 is 24.3 Å². The quantitative estimate of drug-likeness (QED) is 0.734. The van der Waals surface area contributed by atoms with Gasteiger partial charge in [-0.3, -0.25) is 4.79 Å². The SMILES string of the molecule is COc1ccc(C(=O)O[C@H](C)C(=O)N[C@H]2CCCC[C@H]2C)c(OC)c1OC. The van der Waals surface area contributed by atoms with Crippen molar-refractivity contribution in [3.8, 4) is 17.2 Å². The van der Waals surface area contributed by atoms with Crippen LogP contribution in [0.15, 0.2) is 12.1 Å². The Labute approximate surface area is 160 Å². The molecule has 1 fully saturated rings. The highest BCUT2D eigenvalue weighted by Gasteiger charge is 2.28. The van der Waals surface area contributed by atoms with Crippen molar-refractivity contribution >= 4 is 11.9 Å². The van der Waals surface area contributed by atoms with Crippen LogP contribution in [0.3, 0.4) is 0 Å². The maximum Gasteiger partial charge on any atom is 0.342 e. The van der Waals surface area contributed by atoms with Crippen LogP contribution in [0.2, 0.25) is 0 Å². The van der Waals surface area contributed by atoms with Gasteiger partial charge in [-0.2, -0.15) is 0 Å². The number of carbonyl (C=O) groups is 2. The minimum atomic E-state index is -0.913. The molecule has 0 bridgehead atoms. The van der Waals surface area contributed by atoms with Crippen LogP contribution in [0.4, 0.5) is 0 Å². The molecule has 1 saturated carbocycles. The molecule has 1 aliphatic carbocycles. The molecule has 0 aromatic heterocycles. The third kappa shape index (κ3) is 4.84. The Balaban J connectivity index is 2.08. The molecule has 7 nitrogen and oxygen atoms in total. The van der Waals surface area contributed by atoms with E-state index in [1.165, 1.54) is 33.8 Å². The number of benzene rings is 1. The van der Waals surface area contributed by atoms with Gasteiger partial charge in [-0.25, -0.2) is 4.79 Å². The number of methoxy groups -OCH3 is 3. The van der Waals surface area contributed by atoms with E-state index in [4.69, 9.17) is 18.9 Å². The van der Waals surface area contributed by atoms with Crippen LogP contribution < -0.4 is 19.5 Å². The molecule has 7 heteroatoms. The summed E-state index contributed by atoms with van der Waals surface area (Å²) >= 11 is 0. The van der Waals surface area contributed by atoms with Gasteiger partial charge >= 0.3 is 5.97 Å². The van der Waals surface area contributed by atoms with Crippen LogP contribution in [0.1, 0.15) is 49.9 Å². The summed E-state index contributed by atoms with van der Waals surface area (Å²) in [6.45, 7) is 3.70. The van der Waals surface area contributed by atoms with Crippen LogP contribution in [0.5, 0.6) is 17.2 Å². The Morgan fingerprint density at radius 2 is 1.70 bits per heavy atom. The van der Waals surface area contributed by atoms with E-state index in [0.29, 0.717) is 17.4 Å². The average molecular weight is 379 g/mol. The Morgan fingerprint density at radius 1 is 1.04 bits per heavy atom. The second-order valence-electron chi connectivity index (χ2n) is 6.81. The standard InChI is InChI=1S/C20H29NO6/c1-12-8-6-7-9-15(12)21-19(22)13(2)27-20(23)14-10-11-16(24-3)18(26-5)17(14)25-4/h10-13,15H,6-9H2,1-5H3,(H,21,22)/t12-,13-,15+/m1/s1. The van der Waals surface area contributed by atoms with E-state index in [1.54, 1.807) is 13.0 Å². The predicted molar refractivity (Wildman–Crippen MR) is 101 cm³/mol. The first-order valence-electron chi connectivity index (χ1n) is 9.23. The molecule has 0 spiro atoms. The summed E-state index contributed by atoms with van der Waals surface area (Å²) in [5, 5.41) is 3.00. The van der Waals surface area contributed by atoms with Crippen molar-refractivity contribution in [3.05, 3.63) is 17.7 Å². The number of rotatable bonds is 7. The molecule has 0 radical (unpaired) electrons. The average Bonchev–Trinajstić information content (AvgIpc) is 2.67. The molecule has 0 heterocycles. The van der Waals surface area contributed by atoms with E-state index in [2.05, 4.69) is 12.2 Å². The second-order valence-corrected chi connectivity index (χ2v) is 6.81. The van der Waals surface area contributed by atoms with Crippen molar-refractivity contribution < 1.29 is 28.5 Å². The molecule has 0 aliphatic heterocycles. The van der Waals surface area contributed by atoms with E-state index in [0.717, 1.165) is 19.3 Å². The lowest BCUT2D eigenvalue weighted by molar-refractivity contribution is -0.130. The zero-order chi connectivity index (χ0) is 20.0. The van der Waals surface area contributed by atoms with E-state index >= 15 is 0 Å². The fraction of sp³-hybridized carbons (Fsp3) is 0.600. The lowest BCUT2D eigenvalue weighted by Crippen LogP contribution is -2.46. The highest BCUT2D eigenvalue weighted by molar-refractivity contribution is 5.96. The maximum absolute atomic E-state index is 12.6. The Kier molecular flexibility index (Phi) is 7.33. The van der Waals surface area contributed by atoms with Gasteiger partial charge in [-0.05, 0) is 37.8 Å². The third-order valence-electron chi connectivity index (χ3n) is 5.02. The number of esters is 1. The van der Waals surface area contributed by atoms with Crippen molar-refractivity contribution in [1.82, 2.24) is 5.32 Å². The molecule has 3 atom stereocenters. The first-order chi connectivity index (χ1) is 12.9. The van der Waals surface area contributed by atoms with Gasteiger partial charge in [0.15, 0.2) is 17.6 Å². The lowest BCUT2D eigenvalue weighted by atomic mass is 9.86. The summed E-state index contributed by atoms with van der Waals surface area (Å²) in [5.74, 6) is 0.408. The van der Waals surface area contributed by atoms with E-state index in [-0.39, 0.29) is 23.3 Å². The molecule has 2 rings (SSSR count). The Hall–Kier alpha value is -2.44. The molecular formula is C20H29NO6. The smallest absolute Gasteiger partial charge is 0.342 e. The van der Waals surface area contributed by atoms with E-state index < -0.39 is 12.1 Å². The third-order valence-corrected chi connectivity index (χ3v) is 5.02. The second kappa shape index (κ2) is 9.48. The van der Waals surface area contributed by atoms with Crippen LogP contribution in [0.25, 0.3) is 0 Å². The lowest BCUT2D eigenvalue weighted by Gasteiger charge is -2.30. The van der Waals surface area contributed by atoms with Crippen LogP contribution in [0, 0.1) is 5.92 Å². The number of carbonyl (C=O) groups excluding carboxylic acids is 2. The number of ether oxygens (including phenoxy) is 4. The van der Waals surface area contributed by atoms with Crippen LogP contribution in [-0.4, -0.2) is 45.4 Å². The van der Waals surface area contributed by atoms with Gasteiger partial charge in [0.2, 0.25) is 5.75 Å². The molecular weight excluding hydrogens is 350 g/mol. The summed E-state index contributed by atoms with van der Waals surface area (Å²) in [7, 11) is 4.37. The van der Waals surface area contributed by atoms with Crippen molar-refractivity contribution in [2.24, 2.45) is 5.92 Å². The van der Waals surface area contributed by atoms with Gasteiger partial charge in [0.1, 0.15) is 5.56 Å². The van der Waals surface area contributed by atoms with Crippen molar-refractivity contribution in [1.29, 1.82) is 0 Å². The molecule has 27 heavy (non-hydrogen) atoms. The number of hydrogen-bond donors (Lipinski definition) is 1. The largest absolute Gasteiger partial charge is 0.493 e. The predicted octanol–water partition coefficient (Wildman–Crippen LogP) is 2.95. The summed E-state index contributed by atoms with van der Waals surface area (Å²) in [5.41, 5.74) is 0.167. The fourth-order valence-corrected chi connectivity index (χ4v) is 3.37. The number of amides is 1. The van der Waals surface area contributed by atoms with Gasteiger partial charge in [-0.1, -0.05) is 19.8 Å². The minimum Gasteiger partial charge on any atom is -0.493 e. The normalized spacial score (nSPS) is 20.3. The fourth-order valence-electron chi connectivity index (χ4n) is 3.37. The highest BCUT2D eigenvalue weighted by atomic mass is 16.6. The molecule has 1 aromatic rings. The molecule has 1 aromatic carbocycles. The Morgan fingerprint density at radius 3 is 2.30 bits per heavy atom. The summed E-state index contributed by atoms with van der Waals surface area (Å²) in [6.07, 6.45) is 3.44. The van der Waals surface area contributed by atoms with Gasteiger partial charge in [0.05, 0.1) is 21.3 Å². The van der Waals surface area contributed by atoms with E-state index in [9.17, 15) is 9.59 Å². The first kappa shape index (κ1) is 20.9. The van der Waals surface area contributed by atoms with Crippen molar-refractivity contribution in [3.63, 3.8) is 0 Å². The maximum atomic E-state index is 12.6. The monoisotopic (exact) mass is 379 g/mol. The zero-order valence-corrected chi connectivity index (χ0v) is 16.7. The molecule has 1 N–H and O–H groups in total. The number of nitrogens with one attached hydrogen (secondary N) is 1. The minimum absolute atomic E-state index is 0.128. The number of hydrogen-bond acceptors (Lipinski definition) is 6. The molecule has 0 saturated heterocycles. The van der Waals surface area contributed by atoms with Crippen molar-refractivity contribution in [2.75, 3.05) is 21.3 Å². The molecule has 1 aliphatic rings. The highest BCUT2D eigenvalue weighted by Crippen LogP contribution is 2.40. The first-order valence-corrected chi connectivity index (χ1v) is 9.23. The van der Waals surface area contributed by atoms with Crippen LogP contribution in [-0.2, 0) is 9.53 Å². The summed E-state index contributed by atoms with van der Waals surface area (Å²) in [6, 6.07) is 3.24. The van der Waals surface area contributed by atoms with Crippen molar-refractivity contribution in [2.45, 2.75) is 51.7 Å². The topological polar surface area (TPSA) is 83.1 Å². The van der Waals surface area contributed by atoms with Gasteiger partial charge in [-0.15, -0.1) is 0 Å². The van der Waals surface area contributed by atoms with E-state index in [1.807, 2.05) is 0 Å². The van der Waals surface area contributed by atoms with Crippen LogP contribution >= 0.6 is 0 Å². The molecule has 1 amide bonds. The zero-order valence-electron chi connectivity index (χ0n) is 16.7. The van der Waals surface area contributed by atoms with Gasteiger partial charge in [0.25, 0.3) is 5.91 Å². The summed E-state index contributed by atoms with van der Waals surface area (Å²) in [4.78, 5) is 25.0. The summed E-state index contributed by atoms with van der Waals surface area (Å²) < 4.78 is 21.1.